The molecule has 0 aromatic heterocycles. The number of aliphatic hydroxyl groups excluding tert-OH is 1. The number of hydrogen-bond donors (Lipinski definition) is 2. The van der Waals surface area contributed by atoms with Gasteiger partial charge in [0.15, 0.2) is 0 Å². The van der Waals surface area contributed by atoms with Crippen LogP contribution in [0.15, 0.2) is 0 Å². The molecule has 1 fully saturated rings. The molecule has 0 spiro atoms. The first kappa shape index (κ1) is 13.0. The van der Waals surface area contributed by atoms with Crippen LogP contribution in [0.1, 0.15) is 52.9 Å². The zero-order valence-electron chi connectivity index (χ0n) is 10.5. The Morgan fingerprint density at radius 1 is 1.40 bits per heavy atom. The Morgan fingerprint density at radius 3 is 2.73 bits per heavy atom. The Labute approximate surface area is 94.5 Å². The standard InChI is InChI=1S/C13H27NO/c1-4-12-9-10(2)5-6-13(12)14-8-7-11(3)15/h10-15H,4-9H2,1-3H3. The van der Waals surface area contributed by atoms with Crippen molar-refractivity contribution in [3.8, 4) is 0 Å². The van der Waals surface area contributed by atoms with E-state index in [1.54, 1.807) is 0 Å². The van der Waals surface area contributed by atoms with Gasteiger partial charge in [-0.05, 0) is 51.0 Å². The van der Waals surface area contributed by atoms with Gasteiger partial charge < -0.3 is 10.4 Å². The molecule has 1 aliphatic rings. The Morgan fingerprint density at radius 2 is 2.13 bits per heavy atom. The minimum Gasteiger partial charge on any atom is -0.393 e. The smallest absolute Gasteiger partial charge is 0.0524 e. The first-order valence-electron chi connectivity index (χ1n) is 6.55. The van der Waals surface area contributed by atoms with Gasteiger partial charge in [0, 0.05) is 6.04 Å². The Balaban J connectivity index is 2.26. The maximum Gasteiger partial charge on any atom is 0.0524 e. The Kier molecular flexibility index (Phi) is 5.62. The van der Waals surface area contributed by atoms with E-state index in [0.29, 0.717) is 6.04 Å². The molecule has 4 unspecified atom stereocenters. The molecular weight excluding hydrogens is 186 g/mol. The number of rotatable bonds is 5. The van der Waals surface area contributed by atoms with Gasteiger partial charge >= 0.3 is 0 Å². The summed E-state index contributed by atoms with van der Waals surface area (Å²) in [5.74, 6) is 1.76. The van der Waals surface area contributed by atoms with Crippen LogP contribution in [0.5, 0.6) is 0 Å². The maximum absolute atomic E-state index is 9.21. The predicted molar refractivity (Wildman–Crippen MR) is 64.9 cm³/mol. The highest BCUT2D eigenvalue weighted by Gasteiger charge is 2.26. The summed E-state index contributed by atoms with van der Waals surface area (Å²) in [6.45, 7) is 7.50. The second kappa shape index (κ2) is 6.49. The first-order chi connectivity index (χ1) is 7.13. The highest BCUT2D eigenvalue weighted by Crippen LogP contribution is 2.30. The average Bonchev–Trinajstić information content (AvgIpc) is 2.19. The number of aliphatic hydroxyl groups is 1. The van der Waals surface area contributed by atoms with E-state index in [2.05, 4.69) is 19.2 Å². The largest absolute Gasteiger partial charge is 0.393 e. The van der Waals surface area contributed by atoms with E-state index in [1.807, 2.05) is 6.92 Å². The van der Waals surface area contributed by atoms with Crippen molar-refractivity contribution in [2.75, 3.05) is 6.54 Å². The van der Waals surface area contributed by atoms with Crippen LogP contribution in [0, 0.1) is 11.8 Å². The van der Waals surface area contributed by atoms with Crippen LogP contribution < -0.4 is 5.32 Å². The van der Waals surface area contributed by atoms with E-state index in [1.165, 1.54) is 25.7 Å². The van der Waals surface area contributed by atoms with Gasteiger partial charge in [0.25, 0.3) is 0 Å². The number of nitrogens with one attached hydrogen (secondary N) is 1. The molecule has 1 rings (SSSR count). The summed E-state index contributed by atoms with van der Waals surface area (Å²) < 4.78 is 0. The molecule has 1 aliphatic carbocycles. The zero-order valence-corrected chi connectivity index (χ0v) is 10.5. The van der Waals surface area contributed by atoms with Crippen LogP contribution in [0.2, 0.25) is 0 Å². The van der Waals surface area contributed by atoms with Crippen LogP contribution in [0.25, 0.3) is 0 Å². The molecule has 0 bridgehead atoms. The molecule has 15 heavy (non-hydrogen) atoms. The summed E-state index contributed by atoms with van der Waals surface area (Å²) >= 11 is 0. The molecule has 0 amide bonds. The molecule has 0 aromatic rings. The lowest BCUT2D eigenvalue weighted by Crippen LogP contribution is -2.41. The van der Waals surface area contributed by atoms with Crippen molar-refractivity contribution >= 4 is 0 Å². The van der Waals surface area contributed by atoms with Crippen molar-refractivity contribution < 1.29 is 5.11 Å². The van der Waals surface area contributed by atoms with E-state index >= 15 is 0 Å². The topological polar surface area (TPSA) is 32.3 Å². The highest BCUT2D eigenvalue weighted by molar-refractivity contribution is 4.82. The Bertz CT molecular complexity index is 170. The summed E-state index contributed by atoms with van der Waals surface area (Å²) in [5, 5.41) is 12.8. The van der Waals surface area contributed by atoms with Crippen LogP contribution in [-0.2, 0) is 0 Å². The lowest BCUT2D eigenvalue weighted by molar-refractivity contribution is 0.168. The lowest BCUT2D eigenvalue weighted by Gasteiger charge is -2.35. The lowest BCUT2D eigenvalue weighted by atomic mass is 9.77. The molecule has 2 N–H and O–H groups in total. The fraction of sp³-hybridized carbons (Fsp3) is 1.00. The fourth-order valence-corrected chi connectivity index (χ4v) is 2.70. The third-order valence-corrected chi connectivity index (χ3v) is 3.74. The van der Waals surface area contributed by atoms with Gasteiger partial charge in [0.2, 0.25) is 0 Å². The SMILES string of the molecule is CCC1CC(C)CCC1NCCC(C)O. The van der Waals surface area contributed by atoms with E-state index < -0.39 is 0 Å². The molecule has 0 aromatic carbocycles. The van der Waals surface area contributed by atoms with Gasteiger partial charge in [0.1, 0.15) is 0 Å². The Hall–Kier alpha value is -0.0800. The van der Waals surface area contributed by atoms with E-state index in [4.69, 9.17) is 0 Å². The third-order valence-electron chi connectivity index (χ3n) is 3.74. The molecule has 1 saturated carbocycles. The highest BCUT2D eigenvalue weighted by atomic mass is 16.3. The summed E-state index contributed by atoms with van der Waals surface area (Å²) in [6.07, 6.45) is 6.06. The van der Waals surface area contributed by atoms with E-state index in [9.17, 15) is 5.11 Å². The first-order valence-corrected chi connectivity index (χ1v) is 6.55. The average molecular weight is 213 g/mol. The molecule has 0 radical (unpaired) electrons. The normalized spacial score (nSPS) is 34.0. The van der Waals surface area contributed by atoms with Crippen LogP contribution in [0.3, 0.4) is 0 Å². The van der Waals surface area contributed by atoms with E-state index in [0.717, 1.165) is 24.8 Å². The van der Waals surface area contributed by atoms with Crippen LogP contribution in [0.4, 0.5) is 0 Å². The number of hydrogen-bond acceptors (Lipinski definition) is 2. The third kappa shape index (κ3) is 4.52. The van der Waals surface area contributed by atoms with Crippen LogP contribution in [-0.4, -0.2) is 23.8 Å². The molecule has 0 aliphatic heterocycles. The van der Waals surface area contributed by atoms with Crippen molar-refractivity contribution in [1.82, 2.24) is 5.32 Å². The van der Waals surface area contributed by atoms with Gasteiger partial charge in [-0.1, -0.05) is 20.3 Å². The van der Waals surface area contributed by atoms with Crippen LogP contribution >= 0.6 is 0 Å². The quantitative estimate of drug-likeness (QED) is 0.735. The maximum atomic E-state index is 9.21. The molecule has 4 atom stereocenters. The monoisotopic (exact) mass is 213 g/mol. The minimum absolute atomic E-state index is 0.167. The minimum atomic E-state index is -0.167. The summed E-state index contributed by atoms with van der Waals surface area (Å²) in [7, 11) is 0. The van der Waals surface area contributed by atoms with E-state index in [-0.39, 0.29) is 6.10 Å². The molecular formula is C13H27NO. The van der Waals surface area contributed by atoms with Gasteiger partial charge in [-0.15, -0.1) is 0 Å². The van der Waals surface area contributed by atoms with Gasteiger partial charge in [-0.2, -0.15) is 0 Å². The van der Waals surface area contributed by atoms with Gasteiger partial charge in [-0.3, -0.25) is 0 Å². The van der Waals surface area contributed by atoms with Crippen molar-refractivity contribution in [1.29, 1.82) is 0 Å². The second-order valence-electron chi connectivity index (χ2n) is 5.28. The van der Waals surface area contributed by atoms with Gasteiger partial charge in [0.05, 0.1) is 6.10 Å². The van der Waals surface area contributed by atoms with Crippen molar-refractivity contribution in [3.05, 3.63) is 0 Å². The second-order valence-corrected chi connectivity index (χ2v) is 5.28. The van der Waals surface area contributed by atoms with Crippen molar-refractivity contribution in [2.24, 2.45) is 11.8 Å². The fourth-order valence-electron chi connectivity index (χ4n) is 2.70. The van der Waals surface area contributed by atoms with Crippen molar-refractivity contribution in [3.63, 3.8) is 0 Å². The summed E-state index contributed by atoms with van der Waals surface area (Å²) in [6, 6.07) is 0.699. The molecule has 2 heteroatoms. The molecule has 2 nitrogen and oxygen atoms in total. The molecule has 0 saturated heterocycles. The zero-order chi connectivity index (χ0) is 11.3. The molecule has 90 valence electrons. The van der Waals surface area contributed by atoms with Crippen molar-refractivity contribution in [2.45, 2.75) is 65.0 Å². The van der Waals surface area contributed by atoms with Gasteiger partial charge in [-0.25, -0.2) is 0 Å². The summed E-state index contributed by atoms with van der Waals surface area (Å²) in [5.41, 5.74) is 0. The molecule has 0 heterocycles. The predicted octanol–water partition coefficient (Wildman–Crippen LogP) is 2.56. The summed E-state index contributed by atoms with van der Waals surface area (Å²) in [4.78, 5) is 0.